The molecule has 0 aromatic heterocycles. The Hall–Kier alpha value is -2.66. The topological polar surface area (TPSA) is 51.1 Å². The van der Waals surface area contributed by atoms with Crippen LogP contribution in [-0.2, 0) is 9.57 Å². The zero-order chi connectivity index (χ0) is 17.6. The van der Waals surface area contributed by atoms with Gasteiger partial charge in [-0.2, -0.15) is 0 Å². The number of carbonyl (C=O) groups excluding carboxylic acids is 1. The minimum absolute atomic E-state index is 0.444. The van der Waals surface area contributed by atoms with Crippen molar-refractivity contribution in [1.29, 1.82) is 0 Å². The molecular weight excluding hydrogens is 316 g/mol. The van der Waals surface area contributed by atoms with Gasteiger partial charge >= 0.3 is 6.09 Å². The molecule has 1 fully saturated rings. The first-order valence-electron chi connectivity index (χ1n) is 8.40. The lowest BCUT2D eigenvalue weighted by molar-refractivity contribution is 0.0280. The van der Waals surface area contributed by atoms with Crippen LogP contribution in [0.1, 0.15) is 22.3 Å². The second kappa shape index (κ2) is 7.94. The highest BCUT2D eigenvalue weighted by Gasteiger charge is 2.19. The Morgan fingerprint density at radius 1 is 1.00 bits per heavy atom. The summed E-state index contributed by atoms with van der Waals surface area (Å²) in [5.74, 6) is 0. The number of rotatable bonds is 3. The molecule has 5 nitrogen and oxygen atoms in total. The molecule has 0 radical (unpaired) electrons. The van der Waals surface area contributed by atoms with E-state index in [0.29, 0.717) is 32.0 Å². The Morgan fingerprint density at radius 2 is 1.72 bits per heavy atom. The Kier molecular flexibility index (Phi) is 5.46. The summed E-state index contributed by atoms with van der Waals surface area (Å²) in [4.78, 5) is 19.1. The molecular formula is C20H22N2O3. The molecule has 0 unspecified atom stereocenters. The van der Waals surface area contributed by atoms with Gasteiger partial charge in [0.1, 0.15) is 5.71 Å². The number of hydrogen-bond acceptors (Lipinski definition) is 4. The zero-order valence-electron chi connectivity index (χ0n) is 14.6. The Bertz CT molecular complexity index is 766. The second-order valence-electron chi connectivity index (χ2n) is 6.06. The average molecular weight is 338 g/mol. The fraction of sp³-hybridized carbons (Fsp3) is 0.300. The third-order valence-corrected chi connectivity index (χ3v) is 4.31. The predicted molar refractivity (Wildman–Crippen MR) is 96.9 cm³/mol. The van der Waals surface area contributed by atoms with Crippen LogP contribution >= 0.6 is 0 Å². The van der Waals surface area contributed by atoms with Crippen LogP contribution in [0.15, 0.2) is 53.7 Å². The molecule has 1 aliphatic heterocycles. The van der Waals surface area contributed by atoms with E-state index in [4.69, 9.17) is 9.57 Å². The number of aryl methyl sites for hydroxylation is 2. The summed E-state index contributed by atoms with van der Waals surface area (Å²) in [6.45, 7) is 6.23. The van der Waals surface area contributed by atoms with E-state index in [2.05, 4.69) is 25.1 Å². The summed E-state index contributed by atoms with van der Waals surface area (Å²) >= 11 is 0. The average Bonchev–Trinajstić information content (AvgIpc) is 2.66. The molecule has 0 saturated carbocycles. The molecule has 1 aliphatic rings. The van der Waals surface area contributed by atoms with Crippen molar-refractivity contribution in [3.63, 3.8) is 0 Å². The van der Waals surface area contributed by atoms with Crippen molar-refractivity contribution >= 4 is 11.8 Å². The summed E-state index contributed by atoms with van der Waals surface area (Å²) in [7, 11) is 0. The number of ether oxygens (including phenoxy) is 1. The third-order valence-electron chi connectivity index (χ3n) is 4.31. The van der Waals surface area contributed by atoms with Crippen molar-refractivity contribution < 1.29 is 14.4 Å². The lowest BCUT2D eigenvalue weighted by Crippen LogP contribution is -2.40. The number of hydrogen-bond donors (Lipinski definition) is 0. The number of morpholine rings is 1. The fourth-order valence-electron chi connectivity index (χ4n) is 2.65. The van der Waals surface area contributed by atoms with Crippen molar-refractivity contribution in [3.8, 4) is 0 Å². The number of oxime groups is 1. The van der Waals surface area contributed by atoms with Gasteiger partial charge in [-0.25, -0.2) is 4.79 Å². The first kappa shape index (κ1) is 17.2. The lowest BCUT2D eigenvalue weighted by atomic mass is 9.99. The van der Waals surface area contributed by atoms with E-state index < -0.39 is 6.09 Å². The molecule has 2 aromatic carbocycles. The van der Waals surface area contributed by atoms with Gasteiger partial charge in [0.15, 0.2) is 0 Å². The number of carbonyl (C=O) groups is 1. The van der Waals surface area contributed by atoms with Crippen molar-refractivity contribution in [3.05, 3.63) is 70.8 Å². The van der Waals surface area contributed by atoms with Crippen LogP contribution in [0.2, 0.25) is 0 Å². The first-order valence-corrected chi connectivity index (χ1v) is 8.40. The van der Waals surface area contributed by atoms with Crippen LogP contribution < -0.4 is 0 Å². The Labute approximate surface area is 147 Å². The molecule has 0 spiro atoms. The maximum Gasteiger partial charge on any atom is 0.436 e. The highest BCUT2D eigenvalue weighted by atomic mass is 16.7. The molecule has 3 rings (SSSR count). The van der Waals surface area contributed by atoms with Crippen LogP contribution in [0.4, 0.5) is 4.79 Å². The van der Waals surface area contributed by atoms with Gasteiger partial charge < -0.3 is 9.64 Å². The third kappa shape index (κ3) is 4.25. The SMILES string of the molecule is Cc1ccc(/C(=N\OC(=O)N2CCOCC2)c2ccccc2)cc1C. The molecule has 2 aromatic rings. The summed E-state index contributed by atoms with van der Waals surface area (Å²) < 4.78 is 5.25. The molecule has 0 atom stereocenters. The smallest absolute Gasteiger partial charge is 0.378 e. The van der Waals surface area contributed by atoms with Crippen LogP contribution in [0, 0.1) is 13.8 Å². The van der Waals surface area contributed by atoms with Gasteiger partial charge in [0.25, 0.3) is 0 Å². The molecule has 5 heteroatoms. The van der Waals surface area contributed by atoms with Gasteiger partial charge in [0.05, 0.1) is 13.2 Å². The highest BCUT2D eigenvalue weighted by Crippen LogP contribution is 2.16. The minimum Gasteiger partial charge on any atom is -0.378 e. The van der Waals surface area contributed by atoms with Gasteiger partial charge in [-0.05, 0) is 31.0 Å². The van der Waals surface area contributed by atoms with Gasteiger partial charge in [0.2, 0.25) is 0 Å². The van der Waals surface area contributed by atoms with E-state index in [1.807, 2.05) is 42.5 Å². The maximum absolute atomic E-state index is 12.2. The molecule has 0 N–H and O–H groups in total. The quantitative estimate of drug-likeness (QED) is 0.489. The van der Waals surface area contributed by atoms with Gasteiger partial charge in [-0.15, -0.1) is 0 Å². The Morgan fingerprint density at radius 3 is 2.40 bits per heavy atom. The summed E-state index contributed by atoms with van der Waals surface area (Å²) in [6, 6.07) is 15.8. The van der Waals surface area contributed by atoms with E-state index >= 15 is 0 Å². The second-order valence-corrected chi connectivity index (χ2v) is 6.06. The van der Waals surface area contributed by atoms with Crippen LogP contribution in [0.3, 0.4) is 0 Å². The van der Waals surface area contributed by atoms with Gasteiger partial charge in [-0.3, -0.25) is 4.84 Å². The van der Waals surface area contributed by atoms with Gasteiger partial charge in [0, 0.05) is 24.2 Å². The molecule has 0 bridgehead atoms. The molecule has 1 saturated heterocycles. The Balaban J connectivity index is 1.88. The summed E-state index contributed by atoms with van der Waals surface area (Å²) in [5, 5.41) is 4.19. The number of amides is 1. The van der Waals surface area contributed by atoms with Crippen molar-refractivity contribution in [1.82, 2.24) is 4.90 Å². The summed E-state index contributed by atoms with van der Waals surface area (Å²) in [6.07, 6.45) is -0.444. The normalized spacial score (nSPS) is 15.1. The van der Waals surface area contributed by atoms with E-state index in [-0.39, 0.29) is 0 Å². The van der Waals surface area contributed by atoms with Gasteiger partial charge in [-0.1, -0.05) is 47.6 Å². The standard InChI is InChI=1S/C20H22N2O3/c1-15-8-9-18(14-16(15)2)19(17-6-4-3-5-7-17)21-25-20(23)22-10-12-24-13-11-22/h3-9,14H,10-13H2,1-2H3/b21-19-. The molecule has 130 valence electrons. The zero-order valence-corrected chi connectivity index (χ0v) is 14.6. The fourth-order valence-corrected chi connectivity index (χ4v) is 2.65. The lowest BCUT2D eigenvalue weighted by Gasteiger charge is -2.24. The molecule has 0 aliphatic carbocycles. The maximum atomic E-state index is 12.2. The predicted octanol–water partition coefficient (Wildman–Crippen LogP) is 3.52. The molecule has 1 amide bonds. The van der Waals surface area contributed by atoms with Crippen molar-refractivity contribution in [2.24, 2.45) is 5.16 Å². The minimum atomic E-state index is -0.444. The number of benzene rings is 2. The van der Waals surface area contributed by atoms with Crippen LogP contribution in [-0.4, -0.2) is 43.0 Å². The van der Waals surface area contributed by atoms with E-state index in [1.165, 1.54) is 11.1 Å². The van der Waals surface area contributed by atoms with Crippen molar-refractivity contribution in [2.45, 2.75) is 13.8 Å². The van der Waals surface area contributed by atoms with Crippen LogP contribution in [0.25, 0.3) is 0 Å². The number of nitrogens with zero attached hydrogens (tertiary/aromatic N) is 2. The van der Waals surface area contributed by atoms with Crippen LogP contribution in [0.5, 0.6) is 0 Å². The van der Waals surface area contributed by atoms with Crippen molar-refractivity contribution in [2.75, 3.05) is 26.3 Å². The summed E-state index contributed by atoms with van der Waals surface area (Å²) in [5.41, 5.74) is 4.84. The highest BCUT2D eigenvalue weighted by molar-refractivity contribution is 6.12. The van der Waals surface area contributed by atoms with E-state index in [9.17, 15) is 4.79 Å². The first-order chi connectivity index (χ1) is 12.1. The molecule has 1 heterocycles. The van der Waals surface area contributed by atoms with E-state index in [0.717, 1.165) is 11.1 Å². The largest absolute Gasteiger partial charge is 0.436 e. The monoisotopic (exact) mass is 338 g/mol. The van der Waals surface area contributed by atoms with E-state index in [1.54, 1.807) is 4.90 Å². The molecule has 25 heavy (non-hydrogen) atoms.